The lowest BCUT2D eigenvalue weighted by molar-refractivity contribution is -0.133. The van der Waals surface area contributed by atoms with E-state index >= 15 is 0 Å². The molecule has 0 unspecified atom stereocenters. The first-order chi connectivity index (χ1) is 14.1. The Labute approximate surface area is 169 Å². The Kier molecular flexibility index (Phi) is 5.01. The van der Waals surface area contributed by atoms with Gasteiger partial charge in [0.25, 0.3) is 5.56 Å². The summed E-state index contributed by atoms with van der Waals surface area (Å²) in [6.07, 6.45) is 1.26. The van der Waals surface area contributed by atoms with E-state index in [0.29, 0.717) is 21.4 Å². The number of carbonyl (C=O) groups is 1. The van der Waals surface area contributed by atoms with E-state index in [1.54, 1.807) is 6.92 Å². The predicted octanol–water partition coefficient (Wildman–Crippen LogP) is 1.97. The molecule has 146 valence electrons. The van der Waals surface area contributed by atoms with E-state index in [4.69, 9.17) is 4.74 Å². The summed E-state index contributed by atoms with van der Waals surface area (Å²) in [6, 6.07) is 17.1. The summed E-state index contributed by atoms with van der Waals surface area (Å²) in [5, 5.41) is 7.40. The number of rotatable bonds is 4. The molecule has 0 amide bonds. The van der Waals surface area contributed by atoms with Crippen LogP contribution in [0.1, 0.15) is 6.92 Å². The average molecular weight is 406 g/mol. The Morgan fingerprint density at radius 3 is 2.62 bits per heavy atom. The highest BCUT2D eigenvalue weighted by atomic mass is 32.1. The number of aromatic nitrogens is 3. The summed E-state index contributed by atoms with van der Waals surface area (Å²) < 4.78 is 7.06. The fourth-order valence-corrected chi connectivity index (χ4v) is 3.91. The molecule has 0 spiro atoms. The van der Waals surface area contributed by atoms with Crippen LogP contribution in [0.4, 0.5) is 5.69 Å². The summed E-state index contributed by atoms with van der Waals surface area (Å²) in [7, 11) is 1.29. The molecule has 0 aliphatic rings. The molecule has 0 radical (unpaired) electrons. The number of para-hydroxylation sites is 2. The first-order valence-corrected chi connectivity index (χ1v) is 9.68. The van der Waals surface area contributed by atoms with Crippen LogP contribution in [0.5, 0.6) is 0 Å². The molecule has 0 bridgehead atoms. The number of carbonyl (C=O) groups excluding carboxylic acids is 1. The van der Waals surface area contributed by atoms with Crippen LogP contribution in [0, 0.1) is 0 Å². The summed E-state index contributed by atoms with van der Waals surface area (Å²) in [4.78, 5) is 29.6. The molecule has 29 heavy (non-hydrogen) atoms. The van der Waals surface area contributed by atoms with Crippen LogP contribution in [0.25, 0.3) is 27.1 Å². The van der Waals surface area contributed by atoms with Crippen LogP contribution < -0.4 is 21.4 Å². The topological polar surface area (TPSA) is 89.0 Å². The molecule has 2 N–H and O–H groups in total. The first-order valence-electron chi connectivity index (χ1n) is 8.86. The van der Waals surface area contributed by atoms with Crippen molar-refractivity contribution in [1.82, 2.24) is 14.8 Å². The Bertz CT molecular complexity index is 1330. The van der Waals surface area contributed by atoms with Crippen molar-refractivity contribution in [3.8, 4) is 5.13 Å². The van der Waals surface area contributed by atoms with Crippen LogP contribution >= 0.6 is 11.3 Å². The van der Waals surface area contributed by atoms with E-state index < -0.39 is 5.97 Å². The minimum atomic E-state index is -0.559. The number of hydrogen-bond acceptors (Lipinski definition) is 6. The van der Waals surface area contributed by atoms with Crippen LogP contribution in [0.15, 0.2) is 59.4 Å². The van der Waals surface area contributed by atoms with Gasteiger partial charge in [-0.3, -0.25) is 9.89 Å². The maximum absolute atomic E-state index is 13.2. The summed E-state index contributed by atoms with van der Waals surface area (Å²) in [5.41, 5.74) is 1.94. The SMILES string of the molecule is COC(=O)/C=c1\[nH]n(-c2nc3ccccc3s2)c(=O)\c1=C(/C)Nc1ccccc1. The number of benzene rings is 2. The number of nitrogens with one attached hydrogen (secondary N) is 2. The van der Waals surface area contributed by atoms with Gasteiger partial charge in [-0.25, -0.2) is 9.78 Å². The standard InChI is InChI=1S/C21H18N4O3S/c1-13(22-14-8-4-3-5-9-14)19-16(12-18(26)28-2)24-25(20(19)27)21-23-15-10-6-7-11-17(15)29-21/h3-12,22,24H,1-2H3/b16-12-,19-13+. The normalized spacial score (nSPS) is 12.8. The third kappa shape index (κ3) is 3.70. The Hall–Kier alpha value is -3.65. The largest absolute Gasteiger partial charge is 0.466 e. The molecule has 0 atom stereocenters. The van der Waals surface area contributed by atoms with Crippen molar-refractivity contribution in [3.63, 3.8) is 0 Å². The molecular weight excluding hydrogens is 388 g/mol. The Morgan fingerprint density at radius 2 is 1.90 bits per heavy atom. The molecule has 0 saturated carbocycles. The number of anilines is 1. The van der Waals surface area contributed by atoms with Crippen molar-refractivity contribution in [1.29, 1.82) is 0 Å². The van der Waals surface area contributed by atoms with Gasteiger partial charge in [-0.15, -0.1) is 0 Å². The molecule has 8 heteroatoms. The van der Waals surface area contributed by atoms with Gasteiger partial charge in [-0.1, -0.05) is 41.7 Å². The zero-order valence-electron chi connectivity index (χ0n) is 15.8. The van der Waals surface area contributed by atoms with Crippen molar-refractivity contribution in [3.05, 3.63) is 75.5 Å². The van der Waals surface area contributed by atoms with Crippen molar-refractivity contribution < 1.29 is 9.53 Å². The number of fused-ring (bicyclic) bond motifs is 1. The summed E-state index contributed by atoms with van der Waals surface area (Å²) in [5.74, 6) is -0.559. The molecule has 4 aromatic rings. The number of nitrogens with zero attached hydrogens (tertiary/aromatic N) is 2. The Balaban J connectivity index is 1.94. The second-order valence-corrected chi connectivity index (χ2v) is 7.30. The summed E-state index contributed by atoms with van der Waals surface area (Å²) >= 11 is 1.39. The van der Waals surface area contributed by atoms with Crippen molar-refractivity contribution in [2.24, 2.45) is 0 Å². The molecule has 2 aromatic carbocycles. The van der Waals surface area contributed by atoms with Gasteiger partial charge in [-0.2, -0.15) is 4.68 Å². The van der Waals surface area contributed by atoms with Crippen LogP contribution in [-0.2, 0) is 9.53 Å². The van der Waals surface area contributed by atoms with E-state index in [-0.39, 0.29) is 5.56 Å². The monoisotopic (exact) mass is 406 g/mol. The Morgan fingerprint density at radius 1 is 1.17 bits per heavy atom. The van der Waals surface area contributed by atoms with Gasteiger partial charge in [0.05, 0.1) is 27.9 Å². The molecule has 0 saturated heterocycles. The number of hydrogen-bond donors (Lipinski definition) is 2. The minimum Gasteiger partial charge on any atom is -0.466 e. The maximum atomic E-state index is 13.2. The van der Waals surface area contributed by atoms with Gasteiger partial charge in [0.15, 0.2) is 0 Å². The maximum Gasteiger partial charge on any atom is 0.332 e. The number of H-pyrrole nitrogens is 1. The lowest BCUT2D eigenvalue weighted by Crippen LogP contribution is -2.38. The van der Waals surface area contributed by atoms with E-state index in [2.05, 4.69) is 15.4 Å². The fraction of sp³-hybridized carbons (Fsp3) is 0.0952. The molecule has 0 aliphatic heterocycles. The fourth-order valence-electron chi connectivity index (χ4n) is 2.99. The van der Waals surface area contributed by atoms with E-state index in [1.807, 2.05) is 54.6 Å². The number of ether oxygens (including phenoxy) is 1. The van der Waals surface area contributed by atoms with Crippen molar-refractivity contribution in [2.45, 2.75) is 6.92 Å². The van der Waals surface area contributed by atoms with Crippen molar-refractivity contribution in [2.75, 3.05) is 12.4 Å². The molecular formula is C21H18N4O3S. The second-order valence-electron chi connectivity index (χ2n) is 6.29. The third-order valence-electron chi connectivity index (χ3n) is 4.34. The van der Waals surface area contributed by atoms with Crippen LogP contribution in [0.3, 0.4) is 0 Å². The van der Waals surface area contributed by atoms with E-state index in [9.17, 15) is 9.59 Å². The van der Waals surface area contributed by atoms with Gasteiger partial charge >= 0.3 is 5.97 Å². The zero-order chi connectivity index (χ0) is 20.4. The highest BCUT2D eigenvalue weighted by molar-refractivity contribution is 7.20. The first kappa shape index (κ1) is 18.7. The second kappa shape index (κ2) is 7.76. The van der Waals surface area contributed by atoms with Crippen molar-refractivity contribution >= 4 is 45.0 Å². The predicted molar refractivity (Wildman–Crippen MR) is 114 cm³/mol. The molecule has 4 rings (SSSR count). The third-order valence-corrected chi connectivity index (χ3v) is 5.36. The number of aromatic amines is 1. The van der Waals surface area contributed by atoms with E-state index in [0.717, 1.165) is 15.9 Å². The highest BCUT2D eigenvalue weighted by Gasteiger charge is 2.13. The van der Waals surface area contributed by atoms with Crippen LogP contribution in [-0.4, -0.2) is 27.8 Å². The average Bonchev–Trinajstić information content (AvgIpc) is 3.29. The van der Waals surface area contributed by atoms with Gasteiger partial charge < -0.3 is 10.1 Å². The zero-order valence-corrected chi connectivity index (χ0v) is 16.6. The van der Waals surface area contributed by atoms with Gasteiger partial charge in [-0.05, 0) is 31.2 Å². The molecule has 2 aromatic heterocycles. The minimum absolute atomic E-state index is 0.305. The number of esters is 1. The quantitative estimate of drug-likeness (QED) is 0.506. The number of thiazole rings is 1. The van der Waals surface area contributed by atoms with E-state index in [1.165, 1.54) is 29.2 Å². The molecule has 2 heterocycles. The molecule has 0 fully saturated rings. The summed E-state index contributed by atoms with van der Waals surface area (Å²) in [6.45, 7) is 1.79. The highest BCUT2D eigenvalue weighted by Crippen LogP contribution is 2.22. The lowest BCUT2D eigenvalue weighted by atomic mass is 10.3. The van der Waals surface area contributed by atoms with Gasteiger partial charge in [0, 0.05) is 17.5 Å². The van der Waals surface area contributed by atoms with Gasteiger partial charge in [0.2, 0.25) is 5.13 Å². The smallest absolute Gasteiger partial charge is 0.332 e. The molecule has 0 aliphatic carbocycles. The van der Waals surface area contributed by atoms with Crippen LogP contribution in [0.2, 0.25) is 0 Å². The lowest BCUT2D eigenvalue weighted by Gasteiger charge is -2.04. The molecule has 7 nitrogen and oxygen atoms in total. The number of methoxy groups -OCH3 is 1. The van der Waals surface area contributed by atoms with Gasteiger partial charge in [0.1, 0.15) is 0 Å².